The zero-order chi connectivity index (χ0) is 13.0. The maximum absolute atomic E-state index is 11.8. The predicted molar refractivity (Wildman–Crippen MR) is 81.2 cm³/mol. The van der Waals surface area contributed by atoms with Crippen LogP contribution in [-0.2, 0) is 6.42 Å². The van der Waals surface area contributed by atoms with E-state index in [0.717, 1.165) is 9.99 Å². The van der Waals surface area contributed by atoms with Gasteiger partial charge in [-0.05, 0) is 69.6 Å². The first kappa shape index (κ1) is 13.4. The second kappa shape index (κ2) is 6.19. The fourth-order valence-corrected chi connectivity index (χ4v) is 2.55. The number of phenols is 1. The highest BCUT2D eigenvalue weighted by atomic mass is 127. The molecular formula is C13H12INO2S. The standard InChI is InChI=1S/C13H12INO2S/c14-11-2-1-10(7-12(11)16)13(17)15-5-3-9-4-6-18-8-9/h1-2,4,6-8,16H,3,5H2,(H,15,17). The summed E-state index contributed by atoms with van der Waals surface area (Å²) in [6.07, 6.45) is 0.825. The van der Waals surface area contributed by atoms with Crippen molar-refractivity contribution < 1.29 is 9.90 Å². The van der Waals surface area contributed by atoms with Gasteiger partial charge >= 0.3 is 0 Å². The van der Waals surface area contributed by atoms with Gasteiger partial charge in [-0.3, -0.25) is 4.79 Å². The highest BCUT2D eigenvalue weighted by Gasteiger charge is 2.07. The molecule has 94 valence electrons. The molecule has 0 atom stereocenters. The lowest BCUT2D eigenvalue weighted by Gasteiger charge is -2.05. The van der Waals surface area contributed by atoms with Crippen LogP contribution in [0.3, 0.4) is 0 Å². The molecule has 1 amide bonds. The summed E-state index contributed by atoms with van der Waals surface area (Å²) >= 11 is 3.67. The van der Waals surface area contributed by atoms with Crippen molar-refractivity contribution in [1.29, 1.82) is 0 Å². The maximum Gasteiger partial charge on any atom is 0.251 e. The number of phenolic OH excluding ortho intramolecular Hbond substituents is 1. The van der Waals surface area contributed by atoms with E-state index in [1.54, 1.807) is 23.5 Å². The van der Waals surface area contributed by atoms with E-state index in [1.165, 1.54) is 11.6 Å². The molecule has 2 rings (SSSR count). The zero-order valence-corrected chi connectivity index (χ0v) is 12.5. The molecule has 0 aliphatic heterocycles. The Balaban J connectivity index is 1.89. The molecule has 18 heavy (non-hydrogen) atoms. The van der Waals surface area contributed by atoms with Gasteiger partial charge in [0.05, 0.1) is 3.57 Å². The lowest BCUT2D eigenvalue weighted by Crippen LogP contribution is -2.25. The number of nitrogens with one attached hydrogen (secondary N) is 1. The van der Waals surface area contributed by atoms with Gasteiger partial charge in [0.25, 0.3) is 5.91 Å². The van der Waals surface area contributed by atoms with Crippen molar-refractivity contribution in [3.05, 3.63) is 49.7 Å². The van der Waals surface area contributed by atoms with E-state index in [-0.39, 0.29) is 11.7 Å². The Hall–Kier alpha value is -1.08. The van der Waals surface area contributed by atoms with Crippen molar-refractivity contribution in [3.63, 3.8) is 0 Å². The summed E-state index contributed by atoms with van der Waals surface area (Å²) in [6.45, 7) is 0.600. The van der Waals surface area contributed by atoms with E-state index in [1.807, 2.05) is 34.0 Å². The number of hydrogen-bond donors (Lipinski definition) is 2. The molecule has 0 bridgehead atoms. The molecule has 0 spiro atoms. The van der Waals surface area contributed by atoms with Gasteiger partial charge in [-0.25, -0.2) is 0 Å². The molecule has 2 N–H and O–H groups in total. The van der Waals surface area contributed by atoms with E-state index < -0.39 is 0 Å². The first-order valence-electron chi connectivity index (χ1n) is 5.44. The molecule has 0 unspecified atom stereocenters. The number of amides is 1. The van der Waals surface area contributed by atoms with Gasteiger partial charge in [-0.1, -0.05) is 0 Å². The number of benzene rings is 1. The highest BCUT2D eigenvalue weighted by Crippen LogP contribution is 2.20. The molecule has 0 saturated heterocycles. The minimum absolute atomic E-state index is 0.140. The third kappa shape index (κ3) is 3.46. The Bertz CT molecular complexity index is 540. The second-order valence-corrected chi connectivity index (χ2v) is 5.75. The smallest absolute Gasteiger partial charge is 0.251 e. The van der Waals surface area contributed by atoms with E-state index in [4.69, 9.17) is 0 Å². The fourth-order valence-electron chi connectivity index (χ4n) is 1.51. The van der Waals surface area contributed by atoms with E-state index in [0.29, 0.717) is 12.1 Å². The molecule has 1 aromatic carbocycles. The van der Waals surface area contributed by atoms with Gasteiger partial charge in [0.2, 0.25) is 0 Å². The number of hydrogen-bond acceptors (Lipinski definition) is 3. The van der Waals surface area contributed by atoms with Crippen LogP contribution in [0.25, 0.3) is 0 Å². The van der Waals surface area contributed by atoms with Crippen molar-refractivity contribution in [2.24, 2.45) is 0 Å². The third-order valence-electron chi connectivity index (χ3n) is 2.49. The molecule has 0 aliphatic carbocycles. The maximum atomic E-state index is 11.8. The summed E-state index contributed by atoms with van der Waals surface area (Å²) in [5.41, 5.74) is 1.71. The summed E-state index contributed by atoms with van der Waals surface area (Å²) in [7, 11) is 0. The van der Waals surface area contributed by atoms with E-state index in [2.05, 4.69) is 10.7 Å². The molecule has 5 heteroatoms. The summed E-state index contributed by atoms with van der Waals surface area (Å²) in [6, 6.07) is 6.97. The normalized spacial score (nSPS) is 10.3. The average Bonchev–Trinajstić information content (AvgIpc) is 2.85. The first-order valence-corrected chi connectivity index (χ1v) is 7.47. The van der Waals surface area contributed by atoms with E-state index in [9.17, 15) is 9.90 Å². The minimum Gasteiger partial charge on any atom is -0.507 e. The number of carbonyl (C=O) groups is 1. The van der Waals surface area contributed by atoms with Crippen LogP contribution in [0.2, 0.25) is 0 Å². The monoisotopic (exact) mass is 373 g/mol. The number of halogens is 1. The van der Waals surface area contributed by atoms with Crippen molar-refractivity contribution >= 4 is 39.8 Å². The Morgan fingerprint density at radius 1 is 1.39 bits per heavy atom. The molecule has 0 radical (unpaired) electrons. The van der Waals surface area contributed by atoms with Crippen LogP contribution in [0.1, 0.15) is 15.9 Å². The first-order chi connectivity index (χ1) is 8.66. The average molecular weight is 373 g/mol. The van der Waals surface area contributed by atoms with Crippen molar-refractivity contribution in [2.45, 2.75) is 6.42 Å². The zero-order valence-electron chi connectivity index (χ0n) is 9.52. The van der Waals surface area contributed by atoms with Gasteiger partial charge in [-0.2, -0.15) is 11.3 Å². The molecular weight excluding hydrogens is 361 g/mol. The predicted octanol–water partition coefficient (Wildman–Crippen LogP) is 3.03. The van der Waals surface area contributed by atoms with Crippen LogP contribution >= 0.6 is 33.9 Å². The number of thiophene rings is 1. The van der Waals surface area contributed by atoms with Crippen LogP contribution in [-0.4, -0.2) is 17.6 Å². The summed E-state index contributed by atoms with van der Waals surface area (Å²) < 4.78 is 0.738. The number of rotatable bonds is 4. The summed E-state index contributed by atoms with van der Waals surface area (Å²) in [4.78, 5) is 11.8. The van der Waals surface area contributed by atoms with Crippen LogP contribution in [0, 0.1) is 3.57 Å². The van der Waals surface area contributed by atoms with Crippen molar-refractivity contribution in [3.8, 4) is 5.75 Å². The third-order valence-corrected chi connectivity index (χ3v) is 4.13. The van der Waals surface area contributed by atoms with E-state index >= 15 is 0 Å². The Labute approximate surface area is 123 Å². The van der Waals surface area contributed by atoms with Gasteiger partial charge in [0, 0.05) is 12.1 Å². The molecule has 1 heterocycles. The highest BCUT2D eigenvalue weighted by molar-refractivity contribution is 14.1. The molecule has 3 nitrogen and oxygen atoms in total. The molecule has 0 saturated carbocycles. The largest absolute Gasteiger partial charge is 0.507 e. The number of carbonyl (C=O) groups excluding carboxylic acids is 1. The molecule has 1 aromatic heterocycles. The van der Waals surface area contributed by atoms with Crippen LogP contribution in [0.15, 0.2) is 35.0 Å². The second-order valence-electron chi connectivity index (χ2n) is 3.80. The van der Waals surface area contributed by atoms with Crippen molar-refractivity contribution in [1.82, 2.24) is 5.32 Å². The lowest BCUT2D eigenvalue weighted by atomic mass is 10.2. The van der Waals surface area contributed by atoms with Gasteiger partial charge < -0.3 is 10.4 Å². The minimum atomic E-state index is -0.156. The summed E-state index contributed by atoms with van der Waals surface area (Å²) in [5.74, 6) is -0.0157. The van der Waals surface area contributed by atoms with Gasteiger partial charge in [-0.15, -0.1) is 0 Å². The Morgan fingerprint density at radius 3 is 2.89 bits per heavy atom. The Kier molecular flexibility index (Phi) is 4.60. The molecule has 2 aromatic rings. The van der Waals surface area contributed by atoms with Crippen LogP contribution in [0.5, 0.6) is 5.75 Å². The molecule has 0 aliphatic rings. The topological polar surface area (TPSA) is 49.3 Å². The number of aromatic hydroxyl groups is 1. The Morgan fingerprint density at radius 2 is 2.22 bits per heavy atom. The SMILES string of the molecule is O=C(NCCc1ccsc1)c1ccc(I)c(O)c1. The quantitative estimate of drug-likeness (QED) is 0.810. The van der Waals surface area contributed by atoms with Gasteiger partial charge in [0.1, 0.15) is 5.75 Å². The van der Waals surface area contributed by atoms with Crippen LogP contribution < -0.4 is 5.32 Å². The van der Waals surface area contributed by atoms with Crippen LogP contribution in [0.4, 0.5) is 0 Å². The van der Waals surface area contributed by atoms with Gasteiger partial charge in [0.15, 0.2) is 0 Å². The summed E-state index contributed by atoms with van der Waals surface area (Å²) in [5, 5.41) is 16.5. The fraction of sp³-hybridized carbons (Fsp3) is 0.154. The van der Waals surface area contributed by atoms with Crippen molar-refractivity contribution in [2.75, 3.05) is 6.54 Å². The lowest BCUT2D eigenvalue weighted by molar-refractivity contribution is 0.0953. The molecule has 0 fully saturated rings.